The second-order valence-corrected chi connectivity index (χ2v) is 5.02. The second kappa shape index (κ2) is 4.12. The van der Waals surface area contributed by atoms with Crippen molar-refractivity contribution in [3.8, 4) is 11.1 Å². The normalized spacial score (nSPS) is 11.6. The molecule has 0 amide bonds. The molecule has 2 heterocycles. The van der Waals surface area contributed by atoms with E-state index in [1.165, 1.54) is 0 Å². The molecule has 0 bridgehead atoms. The van der Waals surface area contributed by atoms with Gasteiger partial charge in [-0.1, -0.05) is 6.07 Å². The van der Waals surface area contributed by atoms with Crippen molar-refractivity contribution in [3.05, 3.63) is 30.2 Å². The fourth-order valence-corrected chi connectivity index (χ4v) is 2.56. The Morgan fingerprint density at radius 3 is 2.74 bits per heavy atom. The highest BCUT2D eigenvalue weighted by atomic mass is 15.1. The third-order valence-corrected chi connectivity index (χ3v) is 3.36. The first-order valence-corrected chi connectivity index (χ1v) is 6.35. The minimum atomic E-state index is 0.398. The van der Waals surface area contributed by atoms with E-state index in [2.05, 4.69) is 51.8 Å². The van der Waals surface area contributed by atoms with Gasteiger partial charge in [0.15, 0.2) is 0 Å². The molecule has 3 N–H and O–H groups in total. The molecule has 0 unspecified atom stereocenters. The fourth-order valence-electron chi connectivity index (χ4n) is 2.56. The number of nitrogens with two attached hydrogens (primary N) is 1. The summed E-state index contributed by atoms with van der Waals surface area (Å²) in [5.41, 5.74) is 9.95. The first kappa shape index (κ1) is 11.8. The number of aromatic nitrogens is 4. The van der Waals surface area contributed by atoms with Crippen molar-refractivity contribution < 1.29 is 0 Å². The molecule has 0 aliphatic carbocycles. The topological polar surface area (TPSA) is 72.5 Å². The second-order valence-electron chi connectivity index (χ2n) is 5.02. The standard InChI is InChI=1S/C14H17N5/c1-8(2)19-9(3)17-12-6-10(4-5-13(12)19)11-7-16-18-14(11)15/h4-8H,1-3H3,(H3,15,16,18). The summed E-state index contributed by atoms with van der Waals surface area (Å²) >= 11 is 0. The average Bonchev–Trinajstić information content (AvgIpc) is 2.90. The summed E-state index contributed by atoms with van der Waals surface area (Å²) in [6.07, 6.45) is 1.74. The third-order valence-electron chi connectivity index (χ3n) is 3.36. The van der Waals surface area contributed by atoms with Crippen molar-refractivity contribution in [1.29, 1.82) is 0 Å². The average molecular weight is 255 g/mol. The monoisotopic (exact) mass is 255 g/mol. The molecule has 0 atom stereocenters. The summed E-state index contributed by atoms with van der Waals surface area (Å²) in [7, 11) is 0. The van der Waals surface area contributed by atoms with Gasteiger partial charge in [-0.2, -0.15) is 5.10 Å². The Labute approximate surface area is 111 Å². The van der Waals surface area contributed by atoms with Crippen molar-refractivity contribution in [2.75, 3.05) is 5.73 Å². The molecule has 2 aromatic heterocycles. The van der Waals surface area contributed by atoms with E-state index in [9.17, 15) is 0 Å². The number of hydrogen-bond donors (Lipinski definition) is 2. The van der Waals surface area contributed by atoms with E-state index in [4.69, 9.17) is 5.73 Å². The maximum atomic E-state index is 5.86. The molecule has 0 fully saturated rings. The van der Waals surface area contributed by atoms with E-state index in [-0.39, 0.29) is 0 Å². The van der Waals surface area contributed by atoms with Crippen molar-refractivity contribution in [1.82, 2.24) is 19.7 Å². The number of imidazole rings is 1. The van der Waals surface area contributed by atoms with E-state index in [1.807, 2.05) is 6.92 Å². The molecule has 0 spiro atoms. The molecule has 0 saturated heterocycles. The number of nitrogens with one attached hydrogen (secondary N) is 1. The molecule has 19 heavy (non-hydrogen) atoms. The molecular weight excluding hydrogens is 238 g/mol. The molecule has 0 aliphatic heterocycles. The Morgan fingerprint density at radius 1 is 1.32 bits per heavy atom. The van der Waals surface area contributed by atoms with Gasteiger partial charge in [0.1, 0.15) is 11.6 Å². The number of fused-ring (bicyclic) bond motifs is 1. The number of benzene rings is 1. The lowest BCUT2D eigenvalue weighted by molar-refractivity contribution is 0.600. The van der Waals surface area contributed by atoms with E-state index in [1.54, 1.807) is 6.20 Å². The van der Waals surface area contributed by atoms with Crippen molar-refractivity contribution in [2.24, 2.45) is 0 Å². The Hall–Kier alpha value is -2.30. The van der Waals surface area contributed by atoms with E-state index >= 15 is 0 Å². The number of rotatable bonds is 2. The van der Waals surface area contributed by atoms with Gasteiger partial charge in [-0.15, -0.1) is 0 Å². The SMILES string of the molecule is Cc1nc2cc(-c3cn[nH]c3N)ccc2n1C(C)C. The van der Waals surface area contributed by atoms with Crippen LogP contribution in [0.1, 0.15) is 25.7 Å². The summed E-state index contributed by atoms with van der Waals surface area (Å²) in [5.74, 6) is 1.61. The maximum Gasteiger partial charge on any atom is 0.126 e. The van der Waals surface area contributed by atoms with Crippen LogP contribution < -0.4 is 5.73 Å². The Morgan fingerprint density at radius 2 is 2.11 bits per heavy atom. The van der Waals surface area contributed by atoms with Gasteiger partial charge in [0.2, 0.25) is 0 Å². The summed E-state index contributed by atoms with van der Waals surface area (Å²) in [6, 6.07) is 6.61. The van der Waals surface area contributed by atoms with Crippen LogP contribution >= 0.6 is 0 Å². The lowest BCUT2D eigenvalue weighted by atomic mass is 10.1. The van der Waals surface area contributed by atoms with Crippen LogP contribution in [0.15, 0.2) is 24.4 Å². The van der Waals surface area contributed by atoms with E-state index in [0.29, 0.717) is 11.9 Å². The first-order valence-electron chi connectivity index (χ1n) is 6.35. The largest absolute Gasteiger partial charge is 0.384 e. The van der Waals surface area contributed by atoms with Crippen LogP contribution in [-0.2, 0) is 0 Å². The summed E-state index contributed by atoms with van der Waals surface area (Å²) in [4.78, 5) is 4.63. The summed E-state index contributed by atoms with van der Waals surface area (Å²) in [5, 5.41) is 6.71. The van der Waals surface area contributed by atoms with Crippen molar-refractivity contribution in [2.45, 2.75) is 26.8 Å². The smallest absolute Gasteiger partial charge is 0.126 e. The van der Waals surface area contributed by atoms with Gasteiger partial charge in [0, 0.05) is 11.6 Å². The Kier molecular flexibility index (Phi) is 2.55. The quantitative estimate of drug-likeness (QED) is 0.739. The minimum absolute atomic E-state index is 0.398. The molecule has 3 rings (SSSR count). The lowest BCUT2D eigenvalue weighted by Gasteiger charge is -2.10. The highest BCUT2D eigenvalue weighted by Gasteiger charge is 2.12. The first-order chi connectivity index (χ1) is 9.08. The molecular formula is C14H17N5. The molecule has 98 valence electrons. The maximum absolute atomic E-state index is 5.86. The molecule has 0 aliphatic rings. The number of aromatic amines is 1. The van der Waals surface area contributed by atoms with Gasteiger partial charge in [-0.25, -0.2) is 4.98 Å². The van der Waals surface area contributed by atoms with Crippen LogP contribution in [0.3, 0.4) is 0 Å². The number of hydrogen-bond acceptors (Lipinski definition) is 3. The summed E-state index contributed by atoms with van der Waals surface area (Å²) in [6.45, 7) is 6.36. The van der Waals surface area contributed by atoms with E-state index < -0.39 is 0 Å². The number of aryl methyl sites for hydroxylation is 1. The van der Waals surface area contributed by atoms with Crippen LogP contribution in [-0.4, -0.2) is 19.7 Å². The molecule has 5 nitrogen and oxygen atoms in total. The Bertz CT molecular complexity index is 735. The number of nitrogen functional groups attached to an aromatic ring is 1. The third kappa shape index (κ3) is 1.78. The molecule has 1 aromatic carbocycles. The predicted octanol–water partition coefficient (Wildman–Crippen LogP) is 2.90. The van der Waals surface area contributed by atoms with Crippen molar-refractivity contribution in [3.63, 3.8) is 0 Å². The number of H-pyrrole nitrogens is 1. The highest BCUT2D eigenvalue weighted by molar-refractivity contribution is 5.85. The predicted molar refractivity (Wildman–Crippen MR) is 76.8 cm³/mol. The van der Waals surface area contributed by atoms with Crippen LogP contribution in [0.2, 0.25) is 0 Å². The van der Waals surface area contributed by atoms with Gasteiger partial charge < -0.3 is 10.3 Å². The fraction of sp³-hybridized carbons (Fsp3) is 0.286. The van der Waals surface area contributed by atoms with Crippen LogP contribution in [0, 0.1) is 6.92 Å². The van der Waals surface area contributed by atoms with Gasteiger partial charge >= 0.3 is 0 Å². The summed E-state index contributed by atoms with van der Waals surface area (Å²) < 4.78 is 2.23. The Balaban J connectivity index is 2.21. The van der Waals surface area contributed by atoms with E-state index in [0.717, 1.165) is 28.0 Å². The van der Waals surface area contributed by atoms with Gasteiger partial charge in [0.05, 0.1) is 17.2 Å². The number of anilines is 1. The minimum Gasteiger partial charge on any atom is -0.384 e. The zero-order valence-electron chi connectivity index (χ0n) is 11.3. The zero-order chi connectivity index (χ0) is 13.6. The van der Waals surface area contributed by atoms with Gasteiger partial charge in [-0.05, 0) is 38.5 Å². The van der Waals surface area contributed by atoms with Crippen LogP contribution in [0.5, 0.6) is 0 Å². The molecule has 0 saturated carbocycles. The van der Waals surface area contributed by atoms with Crippen LogP contribution in [0.4, 0.5) is 5.82 Å². The van der Waals surface area contributed by atoms with Gasteiger partial charge in [0.25, 0.3) is 0 Å². The highest BCUT2D eigenvalue weighted by Crippen LogP contribution is 2.28. The molecule has 3 aromatic rings. The molecule has 5 heteroatoms. The van der Waals surface area contributed by atoms with Crippen molar-refractivity contribution >= 4 is 16.9 Å². The number of nitrogens with zero attached hydrogens (tertiary/aromatic N) is 3. The lowest BCUT2D eigenvalue weighted by Crippen LogP contribution is -2.02. The zero-order valence-corrected chi connectivity index (χ0v) is 11.3. The van der Waals surface area contributed by atoms with Gasteiger partial charge in [-0.3, -0.25) is 5.10 Å². The molecule has 0 radical (unpaired) electrons. The van der Waals surface area contributed by atoms with Crippen LogP contribution in [0.25, 0.3) is 22.2 Å².